The van der Waals surface area contributed by atoms with E-state index in [4.69, 9.17) is 23.2 Å². The van der Waals surface area contributed by atoms with Gasteiger partial charge in [0.25, 0.3) is 11.8 Å². The highest BCUT2D eigenvalue weighted by atomic mass is 35.5. The van der Waals surface area contributed by atoms with E-state index < -0.39 is 0 Å². The molecule has 0 bridgehead atoms. The van der Waals surface area contributed by atoms with Crippen molar-refractivity contribution in [2.75, 3.05) is 5.32 Å². The van der Waals surface area contributed by atoms with Crippen molar-refractivity contribution in [1.29, 1.82) is 0 Å². The predicted molar refractivity (Wildman–Crippen MR) is 120 cm³/mol. The van der Waals surface area contributed by atoms with Gasteiger partial charge in [-0.25, -0.2) is 0 Å². The molecule has 30 heavy (non-hydrogen) atoms. The molecule has 1 fully saturated rings. The first kappa shape index (κ1) is 20.6. The van der Waals surface area contributed by atoms with Crippen LogP contribution in [0.15, 0.2) is 48.7 Å². The largest absolute Gasteiger partial charge is 0.349 e. The van der Waals surface area contributed by atoms with E-state index in [-0.39, 0.29) is 17.9 Å². The van der Waals surface area contributed by atoms with Gasteiger partial charge in [0.05, 0.1) is 21.7 Å². The van der Waals surface area contributed by atoms with Gasteiger partial charge >= 0.3 is 0 Å². The molecule has 7 heteroatoms. The molecule has 0 spiro atoms. The smallest absolute Gasteiger partial charge is 0.257 e. The van der Waals surface area contributed by atoms with E-state index in [2.05, 4.69) is 15.6 Å². The molecular weight excluding hydrogens is 421 g/mol. The van der Waals surface area contributed by atoms with Crippen LogP contribution in [0.4, 0.5) is 5.69 Å². The topological polar surface area (TPSA) is 71.1 Å². The van der Waals surface area contributed by atoms with Crippen LogP contribution in [0.2, 0.25) is 10.0 Å². The quantitative estimate of drug-likeness (QED) is 0.532. The number of carbonyl (C=O) groups is 2. The van der Waals surface area contributed by atoms with Gasteiger partial charge in [0.1, 0.15) is 0 Å². The highest BCUT2D eigenvalue weighted by molar-refractivity contribution is 6.34. The highest BCUT2D eigenvalue weighted by Gasteiger charge is 2.19. The molecule has 3 aromatic rings. The van der Waals surface area contributed by atoms with E-state index in [1.807, 2.05) is 6.07 Å². The van der Waals surface area contributed by atoms with Crippen molar-refractivity contribution in [3.63, 3.8) is 0 Å². The zero-order chi connectivity index (χ0) is 21.1. The van der Waals surface area contributed by atoms with Gasteiger partial charge in [0.2, 0.25) is 0 Å². The molecule has 1 aromatic heterocycles. The molecule has 0 saturated heterocycles. The van der Waals surface area contributed by atoms with E-state index in [9.17, 15) is 9.59 Å². The number of nitrogens with one attached hydrogen (secondary N) is 2. The minimum Gasteiger partial charge on any atom is -0.349 e. The standard InChI is InChI=1S/C23H21Cl2N3O2/c24-15-11-14-5-4-10-26-21(14)19(12-15)23(30)28-17-8-9-20(25)18(13-17)22(29)27-16-6-2-1-3-7-16/h4-5,8-13,16H,1-3,6-7H2,(H,27,29)(H,28,30). The Morgan fingerprint density at radius 3 is 2.53 bits per heavy atom. The van der Waals surface area contributed by atoms with Gasteiger partial charge in [-0.1, -0.05) is 48.5 Å². The van der Waals surface area contributed by atoms with Crippen molar-refractivity contribution in [3.05, 3.63) is 69.8 Å². The zero-order valence-corrected chi connectivity index (χ0v) is 17.8. The first-order chi connectivity index (χ1) is 14.5. The van der Waals surface area contributed by atoms with Crippen LogP contribution >= 0.6 is 23.2 Å². The molecule has 0 unspecified atom stereocenters. The minimum absolute atomic E-state index is 0.171. The Labute approximate surface area is 184 Å². The molecule has 154 valence electrons. The maximum Gasteiger partial charge on any atom is 0.257 e. The summed E-state index contributed by atoms with van der Waals surface area (Å²) in [6.07, 6.45) is 7.04. The fraction of sp³-hybridized carbons (Fsp3) is 0.261. The van der Waals surface area contributed by atoms with E-state index in [1.165, 1.54) is 6.42 Å². The Hall–Kier alpha value is -2.63. The fourth-order valence-electron chi connectivity index (χ4n) is 3.81. The summed E-state index contributed by atoms with van der Waals surface area (Å²) in [7, 11) is 0. The molecule has 2 N–H and O–H groups in total. The van der Waals surface area contributed by atoms with Gasteiger partial charge in [0, 0.05) is 28.3 Å². The second kappa shape index (κ2) is 9.02. The van der Waals surface area contributed by atoms with E-state index in [0.29, 0.717) is 32.4 Å². The summed E-state index contributed by atoms with van der Waals surface area (Å²) in [5.74, 6) is -0.583. The van der Waals surface area contributed by atoms with Gasteiger partial charge in [-0.05, 0) is 49.2 Å². The van der Waals surface area contributed by atoms with Crippen LogP contribution in [0.3, 0.4) is 0 Å². The zero-order valence-electron chi connectivity index (χ0n) is 16.3. The van der Waals surface area contributed by atoms with Crippen LogP contribution < -0.4 is 10.6 Å². The van der Waals surface area contributed by atoms with Crippen LogP contribution in [-0.2, 0) is 0 Å². The molecule has 2 aromatic carbocycles. The third-order valence-corrected chi connectivity index (χ3v) is 5.87. The summed E-state index contributed by atoms with van der Waals surface area (Å²) in [5, 5.41) is 7.45. The Kier molecular flexibility index (Phi) is 6.21. The summed E-state index contributed by atoms with van der Waals surface area (Å²) in [4.78, 5) is 30.0. The first-order valence-electron chi connectivity index (χ1n) is 9.97. The van der Waals surface area contributed by atoms with Crippen molar-refractivity contribution < 1.29 is 9.59 Å². The number of aromatic nitrogens is 1. The van der Waals surface area contributed by atoms with E-state index >= 15 is 0 Å². The van der Waals surface area contributed by atoms with Gasteiger partial charge in [0.15, 0.2) is 0 Å². The Morgan fingerprint density at radius 1 is 0.933 bits per heavy atom. The molecular formula is C23H21Cl2N3O2. The third-order valence-electron chi connectivity index (χ3n) is 5.32. The lowest BCUT2D eigenvalue weighted by Crippen LogP contribution is -2.36. The Bertz CT molecular complexity index is 1110. The van der Waals surface area contributed by atoms with Gasteiger partial charge in [-0.15, -0.1) is 0 Å². The monoisotopic (exact) mass is 441 g/mol. The number of nitrogens with zero attached hydrogens (tertiary/aromatic N) is 1. The third kappa shape index (κ3) is 4.58. The number of pyridine rings is 1. The van der Waals surface area contributed by atoms with Crippen molar-refractivity contribution >= 4 is 51.6 Å². The lowest BCUT2D eigenvalue weighted by molar-refractivity contribution is 0.0927. The summed E-state index contributed by atoms with van der Waals surface area (Å²) >= 11 is 12.4. The molecule has 0 atom stereocenters. The van der Waals surface area contributed by atoms with Gasteiger partial charge in [-0.3, -0.25) is 14.6 Å². The van der Waals surface area contributed by atoms with E-state index in [1.54, 1.807) is 42.6 Å². The van der Waals surface area contributed by atoms with Gasteiger partial charge < -0.3 is 10.6 Å². The maximum absolute atomic E-state index is 12.9. The van der Waals surface area contributed by atoms with E-state index in [0.717, 1.165) is 31.1 Å². The average Bonchev–Trinajstić information content (AvgIpc) is 2.75. The van der Waals surface area contributed by atoms with Crippen LogP contribution in [0.1, 0.15) is 52.8 Å². The number of fused-ring (bicyclic) bond motifs is 1. The molecule has 2 amide bonds. The van der Waals surface area contributed by atoms with Crippen molar-refractivity contribution in [3.8, 4) is 0 Å². The average molecular weight is 442 g/mol. The second-order valence-corrected chi connectivity index (χ2v) is 8.33. The Balaban J connectivity index is 1.56. The number of anilines is 1. The van der Waals surface area contributed by atoms with Crippen LogP contribution in [0.25, 0.3) is 10.9 Å². The molecule has 1 heterocycles. The number of benzene rings is 2. The van der Waals surface area contributed by atoms with Crippen molar-refractivity contribution in [2.24, 2.45) is 0 Å². The molecule has 5 nitrogen and oxygen atoms in total. The molecule has 1 aliphatic rings. The fourth-order valence-corrected chi connectivity index (χ4v) is 4.24. The molecule has 4 rings (SSSR count). The molecule has 1 saturated carbocycles. The second-order valence-electron chi connectivity index (χ2n) is 7.49. The highest BCUT2D eigenvalue weighted by Crippen LogP contribution is 2.26. The minimum atomic E-state index is -0.359. The van der Waals surface area contributed by atoms with Crippen LogP contribution in [0, 0.1) is 0 Å². The first-order valence-corrected chi connectivity index (χ1v) is 10.7. The number of carbonyl (C=O) groups excluding carboxylic acids is 2. The summed E-state index contributed by atoms with van der Waals surface area (Å²) in [5.41, 5.74) is 1.74. The normalized spacial score (nSPS) is 14.5. The number of hydrogen-bond acceptors (Lipinski definition) is 3. The maximum atomic E-state index is 12.9. The number of rotatable bonds is 4. The predicted octanol–water partition coefficient (Wildman–Crippen LogP) is 5.86. The van der Waals surface area contributed by atoms with Crippen molar-refractivity contribution in [1.82, 2.24) is 10.3 Å². The Morgan fingerprint density at radius 2 is 1.73 bits per heavy atom. The lowest BCUT2D eigenvalue weighted by atomic mass is 9.95. The molecule has 0 radical (unpaired) electrons. The summed E-state index contributed by atoms with van der Waals surface area (Å²) in [6.45, 7) is 0. The lowest BCUT2D eigenvalue weighted by Gasteiger charge is -2.23. The van der Waals surface area contributed by atoms with Crippen LogP contribution in [0.5, 0.6) is 0 Å². The number of amides is 2. The molecule has 1 aliphatic carbocycles. The number of hydrogen-bond donors (Lipinski definition) is 2. The van der Waals surface area contributed by atoms with Crippen LogP contribution in [-0.4, -0.2) is 22.8 Å². The summed E-state index contributed by atoms with van der Waals surface area (Å²) in [6, 6.07) is 12.0. The SMILES string of the molecule is O=C(NC1CCCCC1)c1cc(NC(=O)c2cc(Cl)cc3cccnc23)ccc1Cl. The van der Waals surface area contributed by atoms with Crippen molar-refractivity contribution in [2.45, 2.75) is 38.1 Å². The number of halogens is 2. The summed E-state index contributed by atoms with van der Waals surface area (Å²) < 4.78 is 0. The molecule has 0 aliphatic heterocycles. The van der Waals surface area contributed by atoms with Gasteiger partial charge in [-0.2, -0.15) is 0 Å².